The fourth-order valence-electron chi connectivity index (χ4n) is 9.63. The molecule has 0 heterocycles. The molecule has 9 nitrogen and oxygen atoms in total. The SMILES string of the molecule is CCCCC/C=C\C/C=C\C/C=C\C/C=C\CCCCCC(=O)OC(/C=C\CCCCCCCCCCCC)C(COP(=O)(O)OCC[N+](C)(C)C)NC(=O)CCCCCCCCCCCCCCC/C=C/CCCCCCCC. The normalized spacial score (nSPS) is 14.0. The van der Waals surface area contributed by atoms with Crippen LogP contribution in [0, 0.1) is 0 Å². The summed E-state index contributed by atoms with van der Waals surface area (Å²) in [5, 5.41) is 3.06. The van der Waals surface area contributed by atoms with Crippen LogP contribution in [0.4, 0.5) is 0 Å². The van der Waals surface area contributed by atoms with E-state index in [0.29, 0.717) is 23.9 Å². The van der Waals surface area contributed by atoms with Gasteiger partial charge in [0, 0.05) is 12.8 Å². The lowest BCUT2D eigenvalue weighted by molar-refractivity contribution is -0.870. The number of phosphoric ester groups is 1. The fourth-order valence-corrected chi connectivity index (χ4v) is 10.4. The minimum absolute atomic E-state index is 0.0335. The highest BCUT2D eigenvalue weighted by atomic mass is 31.2. The van der Waals surface area contributed by atoms with Crippen molar-refractivity contribution < 1.29 is 37.3 Å². The van der Waals surface area contributed by atoms with Gasteiger partial charge in [-0.15, -0.1) is 0 Å². The van der Waals surface area contributed by atoms with E-state index in [1.165, 1.54) is 193 Å². The number of ether oxygens (including phenoxy) is 1. The van der Waals surface area contributed by atoms with E-state index in [1.807, 2.05) is 33.3 Å². The summed E-state index contributed by atoms with van der Waals surface area (Å²) in [6.07, 6.45) is 77.6. The van der Waals surface area contributed by atoms with Gasteiger partial charge in [-0.05, 0) is 102 Å². The third-order valence-electron chi connectivity index (χ3n) is 14.9. The molecule has 0 rings (SSSR count). The topological polar surface area (TPSA) is 111 Å². The number of likely N-dealkylation sites (N-methyl/N-ethyl adjacent to an activating group) is 1. The average molecular weight is 1140 g/mol. The van der Waals surface area contributed by atoms with Gasteiger partial charge in [0.25, 0.3) is 0 Å². The number of nitrogens with one attached hydrogen (secondary N) is 1. The standard InChI is InChI=1S/C70H129N2O7P/c1-7-10-13-16-19-22-25-28-30-32-34-35-36-37-39-40-42-44-47-50-53-56-59-62-69(73)71-67(66-78-80(75,76)77-65-64-72(4,5)6)68(61-58-55-52-49-46-27-24-21-18-15-12-9-3)79-70(74)63-60-57-54-51-48-45-43-41-38-33-31-29-26-23-20-17-14-11-8-2/h20,23,28-31,38,41,45,48,58,61,67-68H,7-19,21-22,24-27,32-37,39-40,42-44,46-47,49-57,59-60,62-66H2,1-6H3,(H-,71,73,75,76)/p+1/b23-20-,30-28+,31-29-,41-38-,48-45-,61-58-. The highest BCUT2D eigenvalue weighted by Crippen LogP contribution is 2.43. The second-order valence-electron chi connectivity index (χ2n) is 24.0. The number of esters is 1. The van der Waals surface area contributed by atoms with Crippen molar-refractivity contribution in [3.05, 3.63) is 72.9 Å². The van der Waals surface area contributed by atoms with Crippen LogP contribution in [-0.2, 0) is 27.9 Å². The molecule has 0 aromatic heterocycles. The van der Waals surface area contributed by atoms with Crippen molar-refractivity contribution in [1.29, 1.82) is 0 Å². The Morgan fingerprint density at radius 1 is 0.438 bits per heavy atom. The zero-order valence-electron chi connectivity index (χ0n) is 53.3. The van der Waals surface area contributed by atoms with Crippen molar-refractivity contribution in [3.8, 4) is 0 Å². The molecule has 0 aromatic rings. The molecule has 2 N–H and O–H groups in total. The molecule has 1 amide bonds. The summed E-state index contributed by atoms with van der Waals surface area (Å²) in [4.78, 5) is 37.8. The van der Waals surface area contributed by atoms with Gasteiger partial charge in [-0.2, -0.15) is 0 Å². The van der Waals surface area contributed by atoms with E-state index >= 15 is 0 Å². The Bertz CT molecular complexity index is 1600. The first kappa shape index (κ1) is 77.5. The van der Waals surface area contributed by atoms with Crippen LogP contribution in [0.5, 0.6) is 0 Å². The molecule has 0 aliphatic carbocycles. The van der Waals surface area contributed by atoms with Crippen LogP contribution in [0.1, 0.15) is 310 Å². The van der Waals surface area contributed by atoms with Gasteiger partial charge in [-0.1, -0.05) is 267 Å². The first-order valence-electron chi connectivity index (χ1n) is 33.8. The van der Waals surface area contributed by atoms with Crippen molar-refractivity contribution in [2.45, 2.75) is 322 Å². The van der Waals surface area contributed by atoms with Crippen molar-refractivity contribution in [2.75, 3.05) is 40.9 Å². The summed E-state index contributed by atoms with van der Waals surface area (Å²) in [7, 11) is 1.48. The molecule has 0 fully saturated rings. The highest BCUT2D eigenvalue weighted by molar-refractivity contribution is 7.47. The third-order valence-corrected chi connectivity index (χ3v) is 15.9. The molecular formula is C70H130N2O7P+. The number of allylic oxidation sites excluding steroid dienone is 11. The Balaban J connectivity index is 5.18. The Hall–Kier alpha value is -2.55. The van der Waals surface area contributed by atoms with Crippen molar-refractivity contribution >= 4 is 19.7 Å². The number of phosphoric acid groups is 1. The van der Waals surface area contributed by atoms with E-state index in [-0.39, 0.29) is 31.5 Å². The summed E-state index contributed by atoms with van der Waals surface area (Å²) in [6, 6.07) is -0.864. The molecule has 0 bridgehead atoms. The number of hydrogen-bond donors (Lipinski definition) is 2. The Kier molecular flexibility index (Phi) is 57.7. The Morgan fingerprint density at radius 2 is 0.762 bits per heavy atom. The van der Waals surface area contributed by atoms with Gasteiger partial charge in [0.1, 0.15) is 19.3 Å². The molecule has 0 saturated heterocycles. The molecule has 80 heavy (non-hydrogen) atoms. The van der Waals surface area contributed by atoms with Gasteiger partial charge in [-0.25, -0.2) is 4.57 Å². The minimum atomic E-state index is -4.46. The number of carbonyl (C=O) groups excluding carboxylic acids is 2. The number of hydrogen-bond acceptors (Lipinski definition) is 6. The lowest BCUT2D eigenvalue weighted by Gasteiger charge is -2.27. The van der Waals surface area contributed by atoms with Crippen LogP contribution >= 0.6 is 7.82 Å². The van der Waals surface area contributed by atoms with Crippen LogP contribution in [-0.4, -0.2) is 74.3 Å². The van der Waals surface area contributed by atoms with Gasteiger partial charge in [-0.3, -0.25) is 18.6 Å². The van der Waals surface area contributed by atoms with Gasteiger partial charge in [0.05, 0.1) is 33.8 Å². The van der Waals surface area contributed by atoms with E-state index in [9.17, 15) is 19.0 Å². The van der Waals surface area contributed by atoms with E-state index in [1.54, 1.807) is 0 Å². The van der Waals surface area contributed by atoms with Gasteiger partial charge >= 0.3 is 13.8 Å². The second kappa shape index (κ2) is 59.6. The number of quaternary nitrogens is 1. The van der Waals surface area contributed by atoms with Gasteiger partial charge < -0.3 is 19.4 Å². The molecule has 0 aliphatic heterocycles. The lowest BCUT2D eigenvalue weighted by atomic mass is 10.0. The van der Waals surface area contributed by atoms with E-state index in [4.69, 9.17) is 13.8 Å². The van der Waals surface area contributed by atoms with Crippen molar-refractivity contribution in [2.24, 2.45) is 0 Å². The van der Waals surface area contributed by atoms with Crippen LogP contribution in [0.25, 0.3) is 0 Å². The molecule has 466 valence electrons. The van der Waals surface area contributed by atoms with E-state index < -0.39 is 20.0 Å². The zero-order chi connectivity index (χ0) is 58.6. The Morgan fingerprint density at radius 3 is 1.19 bits per heavy atom. The van der Waals surface area contributed by atoms with Crippen LogP contribution in [0.3, 0.4) is 0 Å². The van der Waals surface area contributed by atoms with Crippen molar-refractivity contribution in [1.82, 2.24) is 5.32 Å². The maximum atomic E-state index is 13.6. The van der Waals surface area contributed by atoms with Crippen LogP contribution in [0.15, 0.2) is 72.9 Å². The van der Waals surface area contributed by atoms with Crippen LogP contribution in [0.2, 0.25) is 0 Å². The number of unbranched alkanes of at least 4 members (excludes halogenated alkanes) is 35. The van der Waals surface area contributed by atoms with Crippen molar-refractivity contribution in [3.63, 3.8) is 0 Å². The van der Waals surface area contributed by atoms with Gasteiger partial charge in [0.2, 0.25) is 5.91 Å². The lowest BCUT2D eigenvalue weighted by Crippen LogP contribution is -2.47. The fraction of sp³-hybridized carbons (Fsp3) is 0.800. The minimum Gasteiger partial charge on any atom is -0.456 e. The third kappa shape index (κ3) is 60.1. The first-order valence-corrected chi connectivity index (χ1v) is 35.3. The maximum absolute atomic E-state index is 13.6. The highest BCUT2D eigenvalue weighted by Gasteiger charge is 2.30. The summed E-state index contributed by atoms with van der Waals surface area (Å²) in [6.45, 7) is 6.98. The largest absolute Gasteiger partial charge is 0.472 e. The second-order valence-corrected chi connectivity index (χ2v) is 25.4. The molecule has 3 unspecified atom stereocenters. The van der Waals surface area contributed by atoms with E-state index in [0.717, 1.165) is 77.0 Å². The summed E-state index contributed by atoms with van der Waals surface area (Å²) in [5.41, 5.74) is 0. The smallest absolute Gasteiger partial charge is 0.456 e. The molecule has 0 saturated carbocycles. The zero-order valence-corrected chi connectivity index (χ0v) is 54.2. The molecule has 10 heteroatoms. The van der Waals surface area contributed by atoms with Crippen LogP contribution < -0.4 is 5.32 Å². The van der Waals surface area contributed by atoms with E-state index in [2.05, 4.69) is 86.8 Å². The monoisotopic (exact) mass is 1140 g/mol. The molecular weight excluding hydrogens is 1010 g/mol. The molecule has 0 aromatic carbocycles. The molecule has 0 aliphatic rings. The number of nitrogens with zero attached hydrogens (tertiary/aromatic N) is 1. The average Bonchev–Trinajstić information content (AvgIpc) is 3.43. The first-order chi connectivity index (χ1) is 38.9. The predicted octanol–water partition coefficient (Wildman–Crippen LogP) is 21.2. The maximum Gasteiger partial charge on any atom is 0.472 e. The van der Waals surface area contributed by atoms with Gasteiger partial charge in [0.15, 0.2) is 0 Å². The summed E-state index contributed by atoms with van der Waals surface area (Å²) in [5.74, 6) is -0.534. The quantitative estimate of drug-likeness (QED) is 0.0205. The number of amides is 1. The molecule has 3 atom stereocenters. The summed E-state index contributed by atoms with van der Waals surface area (Å²) < 4.78 is 30.7. The Labute approximate surface area is 495 Å². The molecule has 0 spiro atoms. The molecule has 0 radical (unpaired) electrons. The predicted molar refractivity (Wildman–Crippen MR) is 346 cm³/mol. The number of carbonyl (C=O) groups is 2. The summed E-state index contributed by atoms with van der Waals surface area (Å²) >= 11 is 0. The number of rotatable bonds is 61.